The molecule has 1 aromatic carbocycles. The Bertz CT molecular complexity index is 431. The molecule has 0 radical (unpaired) electrons. The highest BCUT2D eigenvalue weighted by atomic mass is 16.5. The van der Waals surface area contributed by atoms with Gasteiger partial charge < -0.3 is 19.8 Å². The maximum Gasteiger partial charge on any atom is 0.254 e. The number of phenolic OH excluding ortho intramolecular Hbond substituents is 1. The predicted octanol–water partition coefficient (Wildman–Crippen LogP) is 1.63. The topological polar surface area (TPSA) is 70.0 Å². The van der Waals surface area contributed by atoms with Crippen LogP contribution in [-0.2, 0) is 0 Å². The number of methoxy groups -OCH3 is 1. The van der Waals surface area contributed by atoms with E-state index < -0.39 is 0 Å². The molecule has 0 aliphatic carbocycles. The summed E-state index contributed by atoms with van der Waals surface area (Å²) in [7, 11) is 1.46. The largest absolute Gasteiger partial charge is 0.504 e. The number of carbonyl (C=O) groups excluding carboxylic acids is 1. The molecule has 5 nitrogen and oxygen atoms in total. The van der Waals surface area contributed by atoms with Crippen LogP contribution in [0.2, 0.25) is 0 Å². The smallest absolute Gasteiger partial charge is 0.254 e. The first-order valence-electron chi connectivity index (χ1n) is 6.30. The lowest BCUT2D eigenvalue weighted by Gasteiger charge is -2.26. The van der Waals surface area contributed by atoms with Crippen molar-refractivity contribution in [3.05, 3.63) is 23.8 Å². The summed E-state index contributed by atoms with van der Waals surface area (Å²) in [5, 5.41) is 18.6. The molecule has 0 atom stereocenters. The standard InChI is InChI=1S/C14H21NO4/c1-10(2)15(7-4-8-16)14(18)11-5-6-13(19-3)12(17)9-11/h5-6,9-10,16-17H,4,7-8H2,1-3H3. The van der Waals surface area contributed by atoms with Crippen LogP contribution in [0.5, 0.6) is 11.5 Å². The van der Waals surface area contributed by atoms with Crippen molar-refractivity contribution in [1.29, 1.82) is 0 Å². The number of nitrogens with zero attached hydrogens (tertiary/aromatic N) is 1. The van der Waals surface area contributed by atoms with E-state index in [4.69, 9.17) is 9.84 Å². The zero-order chi connectivity index (χ0) is 14.4. The number of ether oxygens (including phenoxy) is 1. The number of carbonyl (C=O) groups is 1. The number of aromatic hydroxyl groups is 1. The van der Waals surface area contributed by atoms with Gasteiger partial charge in [0.2, 0.25) is 0 Å². The Labute approximate surface area is 113 Å². The average molecular weight is 267 g/mol. The Morgan fingerprint density at radius 2 is 2.11 bits per heavy atom. The molecule has 0 unspecified atom stereocenters. The number of hydrogen-bond acceptors (Lipinski definition) is 4. The molecule has 1 aromatic rings. The molecule has 0 bridgehead atoms. The van der Waals surface area contributed by atoms with Crippen LogP contribution in [0.3, 0.4) is 0 Å². The van der Waals surface area contributed by atoms with Crippen LogP contribution in [0.1, 0.15) is 30.6 Å². The van der Waals surface area contributed by atoms with Crippen LogP contribution in [0.4, 0.5) is 0 Å². The minimum Gasteiger partial charge on any atom is -0.504 e. The number of aliphatic hydroxyl groups excluding tert-OH is 1. The number of benzene rings is 1. The van der Waals surface area contributed by atoms with E-state index >= 15 is 0 Å². The molecule has 0 fully saturated rings. The number of hydrogen-bond donors (Lipinski definition) is 2. The van der Waals surface area contributed by atoms with Crippen LogP contribution in [0, 0.1) is 0 Å². The third-order valence-corrected chi connectivity index (χ3v) is 2.87. The lowest BCUT2D eigenvalue weighted by molar-refractivity contribution is 0.0692. The Morgan fingerprint density at radius 3 is 2.58 bits per heavy atom. The van der Waals surface area contributed by atoms with Crippen molar-refractivity contribution in [2.24, 2.45) is 0 Å². The third-order valence-electron chi connectivity index (χ3n) is 2.87. The second-order valence-corrected chi connectivity index (χ2v) is 4.56. The molecule has 0 aliphatic rings. The van der Waals surface area contributed by atoms with Crippen LogP contribution < -0.4 is 4.74 Å². The Kier molecular flexibility index (Phi) is 5.63. The van der Waals surface area contributed by atoms with Gasteiger partial charge in [0.1, 0.15) is 0 Å². The predicted molar refractivity (Wildman–Crippen MR) is 72.5 cm³/mol. The highest BCUT2D eigenvalue weighted by molar-refractivity contribution is 5.95. The number of phenols is 1. The third kappa shape index (κ3) is 3.86. The minimum absolute atomic E-state index is 0.0308. The van der Waals surface area contributed by atoms with Gasteiger partial charge in [-0.05, 0) is 38.5 Å². The van der Waals surface area contributed by atoms with Gasteiger partial charge in [-0.25, -0.2) is 0 Å². The summed E-state index contributed by atoms with van der Waals surface area (Å²) in [5.41, 5.74) is 0.407. The maximum atomic E-state index is 12.3. The fourth-order valence-electron chi connectivity index (χ4n) is 1.82. The van der Waals surface area contributed by atoms with Crippen molar-refractivity contribution in [1.82, 2.24) is 4.90 Å². The van der Waals surface area contributed by atoms with E-state index in [0.29, 0.717) is 24.3 Å². The summed E-state index contributed by atoms with van der Waals surface area (Å²) in [4.78, 5) is 14.0. The summed E-state index contributed by atoms with van der Waals surface area (Å²) in [6.07, 6.45) is 0.534. The van der Waals surface area contributed by atoms with Crippen LogP contribution in [-0.4, -0.2) is 47.3 Å². The van der Waals surface area contributed by atoms with Crippen molar-refractivity contribution >= 4 is 5.91 Å². The monoisotopic (exact) mass is 267 g/mol. The molecule has 2 N–H and O–H groups in total. The van der Waals surface area contributed by atoms with Gasteiger partial charge in [0.25, 0.3) is 5.91 Å². The van der Waals surface area contributed by atoms with Gasteiger partial charge in [-0.3, -0.25) is 4.79 Å². The van der Waals surface area contributed by atoms with Crippen LogP contribution in [0.25, 0.3) is 0 Å². The molecule has 0 saturated heterocycles. The van der Waals surface area contributed by atoms with Crippen molar-refractivity contribution in [3.63, 3.8) is 0 Å². The quantitative estimate of drug-likeness (QED) is 0.822. The number of aliphatic hydroxyl groups is 1. The molecule has 106 valence electrons. The Balaban J connectivity index is 2.93. The molecule has 5 heteroatoms. The molecule has 1 rings (SSSR count). The summed E-state index contributed by atoms with van der Waals surface area (Å²) in [6, 6.07) is 4.61. The molecule has 19 heavy (non-hydrogen) atoms. The lowest BCUT2D eigenvalue weighted by atomic mass is 10.1. The molecule has 0 aromatic heterocycles. The first-order valence-corrected chi connectivity index (χ1v) is 6.30. The van der Waals surface area contributed by atoms with Gasteiger partial charge in [-0.1, -0.05) is 0 Å². The second-order valence-electron chi connectivity index (χ2n) is 4.56. The molecule has 0 heterocycles. The minimum atomic E-state index is -0.165. The number of amides is 1. The second kappa shape index (κ2) is 6.99. The highest BCUT2D eigenvalue weighted by Gasteiger charge is 2.19. The van der Waals surface area contributed by atoms with E-state index in [2.05, 4.69) is 0 Å². The van der Waals surface area contributed by atoms with Crippen LogP contribution in [0.15, 0.2) is 18.2 Å². The molecular formula is C14H21NO4. The first-order chi connectivity index (χ1) is 9.01. The van der Waals surface area contributed by atoms with Crippen molar-refractivity contribution in [2.45, 2.75) is 26.3 Å². The van der Waals surface area contributed by atoms with E-state index in [1.54, 1.807) is 17.0 Å². The molecular weight excluding hydrogens is 246 g/mol. The van der Waals surface area contributed by atoms with Crippen LogP contribution >= 0.6 is 0 Å². The van der Waals surface area contributed by atoms with E-state index in [1.807, 2.05) is 13.8 Å². The van der Waals surface area contributed by atoms with Gasteiger partial charge in [0, 0.05) is 24.8 Å². The first kappa shape index (κ1) is 15.3. The van der Waals surface area contributed by atoms with E-state index in [9.17, 15) is 9.90 Å². The highest BCUT2D eigenvalue weighted by Crippen LogP contribution is 2.27. The fraction of sp³-hybridized carbons (Fsp3) is 0.500. The average Bonchev–Trinajstić information content (AvgIpc) is 2.38. The van der Waals surface area contributed by atoms with Gasteiger partial charge in [0.05, 0.1) is 7.11 Å². The molecule has 0 saturated carbocycles. The zero-order valence-electron chi connectivity index (χ0n) is 11.6. The van der Waals surface area contributed by atoms with Gasteiger partial charge in [0.15, 0.2) is 11.5 Å². The molecule has 0 aliphatic heterocycles. The SMILES string of the molecule is COc1ccc(C(=O)N(CCCO)C(C)C)cc1O. The summed E-state index contributed by atoms with van der Waals surface area (Å²) in [5.74, 6) is 0.114. The summed E-state index contributed by atoms with van der Waals surface area (Å²) >= 11 is 0. The molecule has 0 spiro atoms. The normalized spacial score (nSPS) is 10.6. The van der Waals surface area contributed by atoms with Gasteiger partial charge >= 0.3 is 0 Å². The number of rotatable bonds is 6. The van der Waals surface area contributed by atoms with Crippen molar-refractivity contribution in [3.8, 4) is 11.5 Å². The Morgan fingerprint density at radius 1 is 1.42 bits per heavy atom. The van der Waals surface area contributed by atoms with E-state index in [-0.39, 0.29) is 24.3 Å². The van der Waals surface area contributed by atoms with Crippen molar-refractivity contribution < 1.29 is 19.7 Å². The zero-order valence-corrected chi connectivity index (χ0v) is 11.6. The van der Waals surface area contributed by atoms with Gasteiger partial charge in [-0.2, -0.15) is 0 Å². The van der Waals surface area contributed by atoms with Crippen molar-refractivity contribution in [2.75, 3.05) is 20.3 Å². The lowest BCUT2D eigenvalue weighted by Crippen LogP contribution is -2.38. The fourth-order valence-corrected chi connectivity index (χ4v) is 1.82. The van der Waals surface area contributed by atoms with E-state index in [0.717, 1.165) is 0 Å². The Hall–Kier alpha value is -1.75. The molecule has 1 amide bonds. The van der Waals surface area contributed by atoms with E-state index in [1.165, 1.54) is 13.2 Å². The van der Waals surface area contributed by atoms with Gasteiger partial charge in [-0.15, -0.1) is 0 Å². The maximum absolute atomic E-state index is 12.3. The summed E-state index contributed by atoms with van der Waals surface area (Å²) < 4.78 is 4.94. The summed E-state index contributed by atoms with van der Waals surface area (Å²) in [6.45, 7) is 4.36.